The lowest BCUT2D eigenvalue weighted by atomic mass is 10.1. The molecule has 1 unspecified atom stereocenters. The van der Waals surface area contributed by atoms with E-state index in [9.17, 15) is 22.8 Å². The zero-order valence-electron chi connectivity index (χ0n) is 15.6. The van der Waals surface area contributed by atoms with E-state index in [1.54, 1.807) is 17.7 Å². The summed E-state index contributed by atoms with van der Waals surface area (Å²) in [6.07, 6.45) is -0.107. The Morgan fingerprint density at radius 1 is 1.31 bits per heavy atom. The molecule has 2 heterocycles. The Hall–Kier alpha value is -3.16. The lowest BCUT2D eigenvalue weighted by Crippen LogP contribution is -2.32. The molecule has 150 valence electrons. The van der Waals surface area contributed by atoms with E-state index >= 15 is 0 Å². The van der Waals surface area contributed by atoms with Gasteiger partial charge in [-0.05, 0) is 49.6 Å². The van der Waals surface area contributed by atoms with Crippen LogP contribution in [-0.2, 0) is 19.1 Å². The van der Waals surface area contributed by atoms with E-state index in [0.717, 1.165) is 29.8 Å². The summed E-state index contributed by atoms with van der Waals surface area (Å²) in [5.74, 6) is -0.611. The first-order chi connectivity index (χ1) is 13.8. The Bertz CT molecular complexity index is 1170. The number of amides is 1. The third kappa shape index (κ3) is 3.39. The second-order valence-corrected chi connectivity index (χ2v) is 7.00. The molecule has 5 nitrogen and oxygen atoms in total. The number of rotatable bonds is 3. The minimum Gasteiger partial charge on any atom is -0.347 e. The number of nitrogens with zero attached hydrogens (tertiary/aromatic N) is 2. The first-order valence-corrected chi connectivity index (χ1v) is 9.28. The van der Waals surface area contributed by atoms with Gasteiger partial charge in [-0.15, -0.1) is 0 Å². The molecule has 1 aliphatic rings. The zero-order chi connectivity index (χ0) is 20.8. The molecule has 0 saturated heterocycles. The van der Waals surface area contributed by atoms with Gasteiger partial charge in [-0.3, -0.25) is 14.6 Å². The van der Waals surface area contributed by atoms with Crippen molar-refractivity contribution in [2.45, 2.75) is 38.5 Å². The van der Waals surface area contributed by atoms with Gasteiger partial charge < -0.3 is 9.88 Å². The molecular weight excluding hydrogens is 383 g/mol. The average Bonchev–Trinajstić information content (AvgIpc) is 3.10. The van der Waals surface area contributed by atoms with Crippen molar-refractivity contribution in [2.24, 2.45) is 0 Å². The summed E-state index contributed by atoms with van der Waals surface area (Å²) in [6, 6.07) is 6.45. The zero-order valence-corrected chi connectivity index (χ0v) is 15.6. The summed E-state index contributed by atoms with van der Waals surface area (Å²) in [4.78, 5) is 30.0. The fraction of sp³-hybridized carbons (Fsp3) is 0.286. The van der Waals surface area contributed by atoms with E-state index in [2.05, 4.69) is 10.3 Å². The maximum atomic E-state index is 13.1. The van der Waals surface area contributed by atoms with Crippen LogP contribution >= 0.6 is 0 Å². The maximum Gasteiger partial charge on any atom is 0.416 e. The van der Waals surface area contributed by atoms with Gasteiger partial charge in [0.2, 0.25) is 5.43 Å². The molecule has 0 bridgehead atoms. The monoisotopic (exact) mass is 401 g/mol. The summed E-state index contributed by atoms with van der Waals surface area (Å²) in [5, 5.41) is 2.69. The first-order valence-electron chi connectivity index (χ1n) is 9.28. The van der Waals surface area contributed by atoms with Crippen LogP contribution in [-0.4, -0.2) is 15.5 Å². The highest BCUT2D eigenvalue weighted by molar-refractivity contribution is 5.97. The highest BCUT2D eigenvalue weighted by Gasteiger charge is 2.31. The molecule has 2 aromatic heterocycles. The Morgan fingerprint density at radius 2 is 2.10 bits per heavy atom. The number of nitrogens with one attached hydrogen (secondary N) is 1. The molecule has 29 heavy (non-hydrogen) atoms. The lowest BCUT2D eigenvalue weighted by molar-refractivity contribution is -0.137. The van der Waals surface area contributed by atoms with E-state index in [4.69, 9.17) is 0 Å². The largest absolute Gasteiger partial charge is 0.416 e. The van der Waals surface area contributed by atoms with Crippen LogP contribution in [0.3, 0.4) is 0 Å². The van der Waals surface area contributed by atoms with Crippen molar-refractivity contribution in [2.75, 3.05) is 0 Å². The van der Waals surface area contributed by atoms with Crippen LogP contribution in [0.4, 0.5) is 13.2 Å². The van der Waals surface area contributed by atoms with Gasteiger partial charge in [0.15, 0.2) is 0 Å². The highest BCUT2D eigenvalue weighted by Crippen LogP contribution is 2.31. The number of pyridine rings is 2. The highest BCUT2D eigenvalue weighted by atomic mass is 19.4. The Morgan fingerprint density at radius 3 is 2.83 bits per heavy atom. The molecule has 0 aliphatic heterocycles. The minimum atomic E-state index is -4.57. The van der Waals surface area contributed by atoms with Crippen molar-refractivity contribution in [3.05, 3.63) is 75.3 Å². The van der Waals surface area contributed by atoms with Gasteiger partial charge in [-0.1, -0.05) is 6.07 Å². The van der Waals surface area contributed by atoms with E-state index in [-0.39, 0.29) is 17.0 Å². The molecule has 3 aromatic rings. The summed E-state index contributed by atoms with van der Waals surface area (Å²) in [5.41, 5.74) is 0.343. The Labute approximate surface area is 164 Å². The molecule has 8 heteroatoms. The number of hydrogen-bond donors (Lipinski definition) is 1. The molecule has 4 rings (SSSR count). The van der Waals surface area contributed by atoms with Crippen LogP contribution in [0.1, 0.15) is 46.6 Å². The summed E-state index contributed by atoms with van der Waals surface area (Å²) in [7, 11) is 0. The summed E-state index contributed by atoms with van der Waals surface area (Å²) >= 11 is 0. The summed E-state index contributed by atoms with van der Waals surface area (Å²) < 4.78 is 40.9. The number of hydrogen-bond acceptors (Lipinski definition) is 3. The van der Waals surface area contributed by atoms with Gasteiger partial charge in [0.05, 0.1) is 22.8 Å². The molecule has 1 amide bonds. The van der Waals surface area contributed by atoms with Crippen molar-refractivity contribution in [3.63, 3.8) is 0 Å². The van der Waals surface area contributed by atoms with Crippen molar-refractivity contribution in [1.29, 1.82) is 0 Å². The van der Waals surface area contributed by atoms with Crippen molar-refractivity contribution >= 4 is 16.8 Å². The fourth-order valence-corrected chi connectivity index (χ4v) is 3.79. The van der Waals surface area contributed by atoms with Crippen molar-refractivity contribution in [1.82, 2.24) is 14.9 Å². The molecule has 1 aliphatic carbocycles. The number of carbonyl (C=O) groups excluding carboxylic acids is 1. The minimum absolute atomic E-state index is 0.126. The van der Waals surface area contributed by atoms with E-state index < -0.39 is 23.1 Å². The third-order valence-corrected chi connectivity index (χ3v) is 5.26. The average molecular weight is 401 g/mol. The van der Waals surface area contributed by atoms with Crippen LogP contribution in [0, 0.1) is 0 Å². The number of carbonyl (C=O) groups is 1. The molecule has 0 saturated carbocycles. The van der Waals surface area contributed by atoms with E-state index in [0.29, 0.717) is 18.5 Å². The molecular formula is C21H18F3N3O2. The fourth-order valence-electron chi connectivity index (χ4n) is 3.79. The maximum absolute atomic E-state index is 13.1. The van der Waals surface area contributed by atoms with Gasteiger partial charge >= 0.3 is 6.18 Å². The quantitative estimate of drug-likeness (QED) is 0.725. The Balaban J connectivity index is 1.76. The van der Waals surface area contributed by atoms with Gasteiger partial charge in [0.1, 0.15) is 5.56 Å². The van der Waals surface area contributed by atoms with Crippen LogP contribution in [0.2, 0.25) is 0 Å². The smallest absolute Gasteiger partial charge is 0.347 e. The molecule has 0 spiro atoms. The van der Waals surface area contributed by atoms with E-state index in [1.807, 2.05) is 12.1 Å². The predicted molar refractivity (Wildman–Crippen MR) is 102 cm³/mol. The molecule has 1 atom stereocenters. The number of fused-ring (bicyclic) bond motifs is 2. The predicted octanol–water partition coefficient (Wildman–Crippen LogP) is 3.85. The topological polar surface area (TPSA) is 64.0 Å². The molecule has 1 aromatic carbocycles. The number of aromatic nitrogens is 2. The number of aryl methyl sites for hydroxylation is 2. The van der Waals surface area contributed by atoms with Gasteiger partial charge in [-0.2, -0.15) is 13.2 Å². The second kappa shape index (κ2) is 7.02. The molecule has 0 radical (unpaired) electrons. The first kappa shape index (κ1) is 19.2. The van der Waals surface area contributed by atoms with Crippen molar-refractivity contribution in [3.8, 4) is 0 Å². The standard InChI is InChI=1S/C21H18F3N3O2/c1-2-27-11-15(19(28)14-10-13(21(22,23)24)6-8-17(14)27)20(29)26-16-7-5-12-4-3-9-25-18(12)16/h3-4,6,8-11,16H,2,5,7H2,1H3,(H,26,29). The Kier molecular flexibility index (Phi) is 4.64. The van der Waals surface area contributed by atoms with Gasteiger partial charge in [0.25, 0.3) is 5.91 Å². The molecule has 1 N–H and O–H groups in total. The van der Waals surface area contributed by atoms with Crippen LogP contribution in [0.25, 0.3) is 10.9 Å². The van der Waals surface area contributed by atoms with Gasteiger partial charge in [0, 0.05) is 24.3 Å². The number of halogens is 3. The van der Waals surface area contributed by atoms with Crippen molar-refractivity contribution < 1.29 is 18.0 Å². The van der Waals surface area contributed by atoms with E-state index in [1.165, 1.54) is 12.3 Å². The molecule has 0 fully saturated rings. The normalized spacial score (nSPS) is 16.1. The number of benzene rings is 1. The summed E-state index contributed by atoms with van der Waals surface area (Å²) in [6.45, 7) is 2.19. The van der Waals surface area contributed by atoms with Crippen LogP contribution in [0.5, 0.6) is 0 Å². The van der Waals surface area contributed by atoms with Gasteiger partial charge in [-0.25, -0.2) is 0 Å². The second-order valence-electron chi connectivity index (χ2n) is 7.00. The SMILES string of the molecule is CCn1cc(C(=O)NC2CCc3cccnc32)c(=O)c2cc(C(F)(F)F)ccc21. The lowest BCUT2D eigenvalue weighted by Gasteiger charge is -2.16. The number of alkyl halides is 3. The van der Waals surface area contributed by atoms with Crippen LogP contribution in [0.15, 0.2) is 47.5 Å². The third-order valence-electron chi connectivity index (χ3n) is 5.26. The van der Waals surface area contributed by atoms with Crippen LogP contribution < -0.4 is 10.7 Å².